The maximum Gasteiger partial charge on any atom is 0.258 e. The van der Waals surface area contributed by atoms with Gasteiger partial charge in [0.2, 0.25) is 23.6 Å². The maximum absolute atomic E-state index is 14.1. The van der Waals surface area contributed by atoms with E-state index in [2.05, 4.69) is 64.4 Å². The van der Waals surface area contributed by atoms with Gasteiger partial charge in [0, 0.05) is 112 Å². The fourth-order valence-corrected chi connectivity index (χ4v) is 12.7. The van der Waals surface area contributed by atoms with Crippen LogP contribution < -0.4 is 34.6 Å². The fraction of sp³-hybridized carbons (Fsp3) is 0.424. The molecule has 10 rings (SSSR count). The Labute approximate surface area is 517 Å². The van der Waals surface area contributed by atoms with Crippen LogP contribution in [0.2, 0.25) is 0 Å². The number of likely N-dealkylation sites (tertiary alicyclic amines) is 1. The number of anilines is 3. The molecular formula is C66H76N5O10SY-. The van der Waals surface area contributed by atoms with Crippen LogP contribution in [0.5, 0.6) is 17.2 Å². The van der Waals surface area contributed by atoms with Crippen molar-refractivity contribution in [3.8, 4) is 17.2 Å². The summed E-state index contributed by atoms with van der Waals surface area (Å²) in [6.07, 6.45) is 10.4. The summed E-state index contributed by atoms with van der Waals surface area (Å²) in [7, 11) is 1.64. The van der Waals surface area contributed by atoms with E-state index in [1.807, 2.05) is 60.4 Å². The molecule has 0 bridgehead atoms. The largest absolute Gasteiger partial charge is 0.493 e. The molecule has 5 aliphatic rings. The molecule has 5 aromatic rings. The van der Waals surface area contributed by atoms with Crippen LogP contribution in [0.25, 0.3) is 0 Å². The second-order valence-corrected chi connectivity index (χ2v) is 23.4. The molecule has 5 aliphatic heterocycles. The number of nitrogens with one attached hydrogen (secondary N) is 2. The number of ether oxygens (including phenoxy) is 3. The Balaban J connectivity index is 0.00000450. The van der Waals surface area contributed by atoms with Gasteiger partial charge in [0.25, 0.3) is 5.91 Å². The molecule has 17 heteroatoms. The number of para-hydroxylation sites is 2. The number of fused-ring (bicyclic) bond motifs is 8. The number of thioether (sulfide) groups is 1. The first-order chi connectivity index (χ1) is 39.1. The van der Waals surface area contributed by atoms with Crippen LogP contribution in [0.4, 0.5) is 17.1 Å². The quantitative estimate of drug-likeness (QED) is 0.0359. The van der Waals surface area contributed by atoms with Crippen LogP contribution in [0.1, 0.15) is 134 Å². The molecule has 0 saturated carbocycles. The van der Waals surface area contributed by atoms with Gasteiger partial charge in [-0.2, -0.15) is 18.2 Å². The monoisotopic (exact) mass is 1220 g/mol. The molecule has 2 N–H and O–H groups in total. The number of imide groups is 1. The molecule has 1 saturated heterocycles. The van der Waals surface area contributed by atoms with Gasteiger partial charge in [-0.15, -0.1) is 0 Å². The zero-order chi connectivity index (χ0) is 56.9. The topological polar surface area (TPSA) is 181 Å². The number of benzene rings is 5. The summed E-state index contributed by atoms with van der Waals surface area (Å²) < 4.78 is 19.1. The summed E-state index contributed by atoms with van der Waals surface area (Å²) in [5.74, 6) is -0.215. The summed E-state index contributed by atoms with van der Waals surface area (Å²) >= 11 is 1.36. The van der Waals surface area contributed by atoms with Gasteiger partial charge in [-0.3, -0.25) is 38.5 Å². The molecule has 5 atom stereocenters. The van der Waals surface area contributed by atoms with Gasteiger partial charge in [-0.25, -0.2) is 0 Å². The number of hydrogen-bond donors (Lipinski definition) is 2. The van der Waals surface area contributed by atoms with Gasteiger partial charge >= 0.3 is 0 Å². The molecule has 1 unspecified atom stereocenters. The average molecular weight is 1220 g/mol. The predicted molar refractivity (Wildman–Crippen MR) is 320 cm³/mol. The number of nitrogens with zero attached hydrogens (tertiary/aromatic N) is 3. The normalized spacial score (nSPS) is 18.1. The number of carbonyl (C=O) groups excluding carboxylic acids is 7. The molecular weight excluding hydrogens is 1140 g/mol. The standard InChI is InChI=1S/C65H72N5O10S.CH4.Y/c1-39-25-53-45(21-23-51-31-47-14-7-10-18-55(47)70(51)64(53)76)33-57(39)79-37-42-27-43(38-80-59-32-44-20-22-50-30-46-13-6-9-17-54(46)69(50)36-48(44)34-58(59)78-4)29-49(28-42)67-63(75)40(2)26-56(72)41(3)66-61(73)19-11-8-15-52(71)16-12-24-68-62(74)35-60(81-5)65(68)77;;/h6-7,9-10,13-14,17-18,22,25,27-29,32-34,40-41,50-51,60H,8,11-12,15-16,19-21,23-24,26,30-31,35-38H2,1-5H3,(H,66,73)(H,67,75);1H4;/q-1;;/t40-,41+,50-,51-,60?;;/m1../s1. The summed E-state index contributed by atoms with van der Waals surface area (Å²) in [6, 6.07) is 30.1. The third-order valence-corrected chi connectivity index (χ3v) is 17.5. The molecule has 435 valence electrons. The van der Waals surface area contributed by atoms with Crippen molar-refractivity contribution in [1.82, 2.24) is 10.2 Å². The second-order valence-electron chi connectivity index (χ2n) is 22.3. The smallest absolute Gasteiger partial charge is 0.258 e. The molecule has 0 spiro atoms. The zero-order valence-electron chi connectivity index (χ0n) is 47.6. The first kappa shape index (κ1) is 62.7. The molecule has 5 amide bonds. The van der Waals surface area contributed by atoms with Gasteiger partial charge in [0.1, 0.15) is 24.7 Å². The molecule has 0 aliphatic carbocycles. The van der Waals surface area contributed by atoms with Crippen LogP contribution in [0.15, 0.2) is 91.0 Å². The Morgan fingerprint density at radius 3 is 2.14 bits per heavy atom. The van der Waals surface area contributed by atoms with E-state index >= 15 is 0 Å². The van der Waals surface area contributed by atoms with Crippen LogP contribution in [-0.4, -0.2) is 89.3 Å². The second kappa shape index (κ2) is 28.0. The van der Waals surface area contributed by atoms with Crippen LogP contribution in [0, 0.1) is 19.3 Å². The number of ketones is 2. The van der Waals surface area contributed by atoms with Crippen molar-refractivity contribution < 1.29 is 80.5 Å². The SMILES string of the molecule is C.COc1cc2c(cc1OCc1cc(COc3cc4c(cc3C)C(=O)N3c5ccccc5C[C@H]3CC4)cc(NC(=O)[C@H](C)CC(=O)[C@H](C)NC(=O)CCCCC(=O)CCCN3C(=O)CC(SC)C3=O)c1)C[CH-][C@@H]1Cc3ccccc3N1C2.[Y]. The van der Waals surface area contributed by atoms with Gasteiger partial charge in [-0.1, -0.05) is 62.4 Å². The number of amides is 5. The van der Waals surface area contributed by atoms with Crippen molar-refractivity contribution in [1.29, 1.82) is 0 Å². The van der Waals surface area contributed by atoms with Crippen molar-refractivity contribution >= 4 is 69.9 Å². The summed E-state index contributed by atoms with van der Waals surface area (Å²) in [5, 5.41) is 5.46. The summed E-state index contributed by atoms with van der Waals surface area (Å²) in [4.78, 5) is 97.1. The molecule has 1 fully saturated rings. The van der Waals surface area contributed by atoms with Crippen molar-refractivity contribution in [2.24, 2.45) is 5.92 Å². The van der Waals surface area contributed by atoms with E-state index in [0.29, 0.717) is 53.8 Å². The van der Waals surface area contributed by atoms with E-state index in [0.717, 1.165) is 66.6 Å². The molecule has 1 radical (unpaired) electrons. The van der Waals surface area contributed by atoms with Crippen LogP contribution in [-0.2, 0) is 107 Å². The Kier molecular flexibility index (Phi) is 21.2. The first-order valence-corrected chi connectivity index (χ1v) is 29.8. The number of aryl methyl sites for hydroxylation is 2. The van der Waals surface area contributed by atoms with E-state index in [9.17, 15) is 33.6 Å². The number of unbranched alkanes of at least 4 members (excludes halogenated alkanes) is 1. The van der Waals surface area contributed by atoms with Gasteiger partial charge in [-0.05, 0) is 159 Å². The van der Waals surface area contributed by atoms with E-state index in [1.54, 1.807) is 27.2 Å². The molecule has 15 nitrogen and oxygen atoms in total. The Hall–Kier alpha value is -6.36. The molecule has 0 aromatic heterocycles. The van der Waals surface area contributed by atoms with E-state index in [4.69, 9.17) is 14.2 Å². The number of methoxy groups -OCH3 is 1. The summed E-state index contributed by atoms with van der Waals surface area (Å²) in [6.45, 7) is 6.51. The summed E-state index contributed by atoms with van der Waals surface area (Å²) in [5.41, 5.74) is 11.7. The Morgan fingerprint density at radius 1 is 0.759 bits per heavy atom. The van der Waals surface area contributed by atoms with Gasteiger partial charge < -0.3 is 41.1 Å². The van der Waals surface area contributed by atoms with Crippen molar-refractivity contribution in [3.05, 3.63) is 147 Å². The number of Topliss-reactive ketones (excluding diaryl/α,β-unsaturated/α-hetero) is 2. The third-order valence-electron chi connectivity index (χ3n) is 16.6. The third kappa shape index (κ3) is 14.4. The van der Waals surface area contributed by atoms with Crippen LogP contribution in [0.3, 0.4) is 0 Å². The predicted octanol–water partition coefficient (Wildman–Crippen LogP) is 10.4. The van der Waals surface area contributed by atoms with Crippen molar-refractivity contribution in [2.45, 2.75) is 155 Å². The number of carbonyl (C=O) groups is 7. The number of hydrogen-bond acceptors (Lipinski definition) is 12. The van der Waals surface area contributed by atoms with Gasteiger partial charge in [0.05, 0.1) is 18.4 Å². The minimum Gasteiger partial charge on any atom is -0.493 e. The first-order valence-electron chi connectivity index (χ1n) is 28.5. The molecule has 5 aromatic carbocycles. The van der Waals surface area contributed by atoms with E-state index in [1.165, 1.54) is 44.6 Å². The van der Waals surface area contributed by atoms with Gasteiger partial charge in [0.15, 0.2) is 17.3 Å². The number of rotatable bonds is 23. The maximum atomic E-state index is 14.1. The minimum absolute atomic E-state index is 0. The van der Waals surface area contributed by atoms with Crippen molar-refractivity contribution in [2.75, 3.05) is 35.0 Å². The Bertz CT molecular complexity index is 3280. The molecule has 83 heavy (non-hydrogen) atoms. The van der Waals surface area contributed by atoms with E-state index < -0.39 is 12.0 Å². The zero-order valence-corrected chi connectivity index (χ0v) is 51.2. The fourth-order valence-electron chi connectivity index (χ4n) is 12.1. The van der Waals surface area contributed by atoms with Crippen molar-refractivity contribution in [3.63, 3.8) is 0 Å². The Morgan fingerprint density at radius 2 is 1.42 bits per heavy atom. The average Bonchev–Trinajstić information content (AvgIpc) is 2.87. The van der Waals surface area contributed by atoms with E-state index in [-0.39, 0.29) is 144 Å². The molecule has 5 heterocycles. The van der Waals surface area contributed by atoms with Crippen LogP contribution >= 0.6 is 11.8 Å². The minimum atomic E-state index is -0.833.